The van der Waals surface area contributed by atoms with Crippen LogP contribution < -0.4 is 5.73 Å². The fourth-order valence-electron chi connectivity index (χ4n) is 1.31. The highest BCUT2D eigenvalue weighted by Gasteiger charge is 2.35. The molecule has 3 heteroatoms. The Balaban J connectivity index is 2.35. The molecule has 0 heterocycles. The minimum absolute atomic E-state index is 0.0926. The molecule has 0 unspecified atom stereocenters. The molecule has 0 bridgehead atoms. The van der Waals surface area contributed by atoms with Crippen LogP contribution in [0.15, 0.2) is 0 Å². The molecule has 3 nitrogen and oxygen atoms in total. The quantitative estimate of drug-likeness (QED) is 0.559. The fraction of sp³-hybridized carbons (Fsp3) is 0.857. The molecule has 1 aliphatic carbocycles. The summed E-state index contributed by atoms with van der Waals surface area (Å²) >= 11 is 0. The Labute approximate surface area is 60.5 Å². The predicted octanol–water partition coefficient (Wildman–Crippen LogP) is 0.144. The van der Waals surface area contributed by atoms with Crippen molar-refractivity contribution in [2.45, 2.75) is 12.8 Å². The van der Waals surface area contributed by atoms with Gasteiger partial charge in [0, 0.05) is 0 Å². The van der Waals surface area contributed by atoms with E-state index in [1.165, 1.54) is 7.11 Å². The molecule has 58 valence electrons. The van der Waals surface area contributed by atoms with E-state index in [2.05, 4.69) is 4.74 Å². The van der Waals surface area contributed by atoms with Gasteiger partial charge in [0.25, 0.3) is 0 Å². The summed E-state index contributed by atoms with van der Waals surface area (Å²) in [6.45, 7) is 0.611. The molecule has 0 spiro atoms. The molecule has 10 heavy (non-hydrogen) atoms. The van der Waals surface area contributed by atoms with Crippen molar-refractivity contribution in [3.8, 4) is 0 Å². The fourth-order valence-corrected chi connectivity index (χ4v) is 1.31. The molecular formula is C7H13NO2. The second-order valence-electron chi connectivity index (χ2n) is 2.70. The van der Waals surface area contributed by atoms with Crippen LogP contribution in [-0.2, 0) is 9.53 Å². The number of carbonyl (C=O) groups is 1. The van der Waals surface area contributed by atoms with Crippen LogP contribution >= 0.6 is 0 Å². The lowest BCUT2D eigenvalue weighted by molar-refractivity contribution is -0.151. The Morgan fingerprint density at radius 1 is 1.70 bits per heavy atom. The average Bonchev–Trinajstić information content (AvgIpc) is 1.86. The minimum Gasteiger partial charge on any atom is -0.469 e. The van der Waals surface area contributed by atoms with Crippen molar-refractivity contribution in [3.63, 3.8) is 0 Å². The lowest BCUT2D eigenvalue weighted by atomic mass is 9.74. The summed E-state index contributed by atoms with van der Waals surface area (Å²) in [5, 5.41) is 0. The van der Waals surface area contributed by atoms with Crippen LogP contribution in [-0.4, -0.2) is 19.6 Å². The summed E-state index contributed by atoms with van der Waals surface area (Å²) in [5.74, 6) is 0.379. The molecule has 1 saturated carbocycles. The van der Waals surface area contributed by atoms with E-state index in [9.17, 15) is 4.79 Å². The Bertz CT molecular complexity index is 134. The molecule has 0 aromatic heterocycles. The maximum atomic E-state index is 10.9. The highest BCUT2D eigenvalue weighted by molar-refractivity contribution is 5.73. The van der Waals surface area contributed by atoms with Crippen molar-refractivity contribution < 1.29 is 9.53 Å². The third kappa shape index (κ3) is 1.14. The van der Waals surface area contributed by atoms with Gasteiger partial charge in [0.15, 0.2) is 0 Å². The molecule has 1 aliphatic rings. The summed E-state index contributed by atoms with van der Waals surface area (Å²) in [6.07, 6.45) is 2.03. The second kappa shape index (κ2) is 3.01. The van der Waals surface area contributed by atoms with Crippen molar-refractivity contribution in [2.24, 2.45) is 17.6 Å². The van der Waals surface area contributed by atoms with Crippen LogP contribution in [0.1, 0.15) is 12.8 Å². The van der Waals surface area contributed by atoms with Crippen LogP contribution in [0.2, 0.25) is 0 Å². The van der Waals surface area contributed by atoms with Gasteiger partial charge in [0.05, 0.1) is 13.0 Å². The second-order valence-corrected chi connectivity index (χ2v) is 2.70. The standard InChI is InChI=1S/C7H13NO2/c1-10-7(9)6-3-2-5(6)4-8/h5-6H,2-4,8H2,1H3/t5-,6-/m1/s1. The van der Waals surface area contributed by atoms with Crippen molar-refractivity contribution in [3.05, 3.63) is 0 Å². The van der Waals surface area contributed by atoms with Crippen LogP contribution in [0.5, 0.6) is 0 Å². The summed E-state index contributed by atoms with van der Waals surface area (Å²) in [5.41, 5.74) is 5.41. The Morgan fingerprint density at radius 3 is 2.70 bits per heavy atom. The number of esters is 1. The highest BCUT2D eigenvalue weighted by atomic mass is 16.5. The number of carbonyl (C=O) groups excluding carboxylic acids is 1. The SMILES string of the molecule is COC(=O)[C@@H]1CC[C@@H]1CN. The first-order valence-electron chi connectivity index (χ1n) is 3.57. The summed E-state index contributed by atoms with van der Waals surface area (Å²) in [7, 11) is 1.42. The van der Waals surface area contributed by atoms with Crippen molar-refractivity contribution >= 4 is 5.97 Å². The highest BCUT2D eigenvalue weighted by Crippen LogP contribution is 2.33. The molecule has 0 aromatic carbocycles. The summed E-state index contributed by atoms with van der Waals surface area (Å²) in [6, 6.07) is 0. The molecule has 0 aliphatic heterocycles. The molecule has 1 rings (SSSR count). The van der Waals surface area contributed by atoms with Gasteiger partial charge in [-0.05, 0) is 25.3 Å². The van der Waals surface area contributed by atoms with Gasteiger partial charge in [-0.15, -0.1) is 0 Å². The Hall–Kier alpha value is -0.570. The van der Waals surface area contributed by atoms with Gasteiger partial charge in [0.1, 0.15) is 0 Å². The van der Waals surface area contributed by atoms with Crippen molar-refractivity contribution in [1.82, 2.24) is 0 Å². The lowest BCUT2D eigenvalue weighted by Crippen LogP contribution is -2.38. The van der Waals surface area contributed by atoms with Crippen LogP contribution in [0, 0.1) is 11.8 Å². The van der Waals surface area contributed by atoms with E-state index in [0.29, 0.717) is 12.5 Å². The monoisotopic (exact) mass is 143 g/mol. The van der Waals surface area contributed by atoms with E-state index in [4.69, 9.17) is 5.73 Å². The molecule has 1 fully saturated rings. The zero-order valence-corrected chi connectivity index (χ0v) is 6.17. The molecule has 2 atom stereocenters. The van der Waals surface area contributed by atoms with Gasteiger partial charge >= 0.3 is 5.97 Å². The largest absolute Gasteiger partial charge is 0.469 e. The number of hydrogen-bond donors (Lipinski definition) is 1. The molecule has 0 aromatic rings. The Morgan fingerprint density at radius 2 is 2.40 bits per heavy atom. The zero-order chi connectivity index (χ0) is 7.56. The zero-order valence-electron chi connectivity index (χ0n) is 6.17. The van der Waals surface area contributed by atoms with Gasteiger partial charge in [-0.2, -0.15) is 0 Å². The molecule has 2 N–H and O–H groups in total. The van der Waals surface area contributed by atoms with Gasteiger partial charge in [-0.25, -0.2) is 0 Å². The van der Waals surface area contributed by atoms with E-state index in [-0.39, 0.29) is 11.9 Å². The summed E-state index contributed by atoms with van der Waals surface area (Å²) < 4.78 is 4.59. The van der Waals surface area contributed by atoms with Crippen LogP contribution in [0.25, 0.3) is 0 Å². The van der Waals surface area contributed by atoms with Gasteiger partial charge in [-0.1, -0.05) is 0 Å². The first-order valence-corrected chi connectivity index (χ1v) is 3.57. The van der Waals surface area contributed by atoms with E-state index in [0.717, 1.165) is 12.8 Å². The Kier molecular flexibility index (Phi) is 2.27. The maximum absolute atomic E-state index is 10.9. The number of hydrogen-bond acceptors (Lipinski definition) is 3. The predicted molar refractivity (Wildman–Crippen MR) is 37.3 cm³/mol. The molecule has 0 saturated heterocycles. The maximum Gasteiger partial charge on any atom is 0.308 e. The lowest BCUT2D eigenvalue weighted by Gasteiger charge is -2.32. The normalized spacial score (nSPS) is 31.0. The van der Waals surface area contributed by atoms with Gasteiger partial charge < -0.3 is 10.5 Å². The number of methoxy groups -OCH3 is 1. The van der Waals surface area contributed by atoms with Crippen molar-refractivity contribution in [1.29, 1.82) is 0 Å². The smallest absolute Gasteiger partial charge is 0.308 e. The van der Waals surface area contributed by atoms with E-state index >= 15 is 0 Å². The van der Waals surface area contributed by atoms with Crippen molar-refractivity contribution in [2.75, 3.05) is 13.7 Å². The van der Waals surface area contributed by atoms with E-state index < -0.39 is 0 Å². The van der Waals surface area contributed by atoms with Gasteiger partial charge in [0.2, 0.25) is 0 Å². The number of ether oxygens (including phenoxy) is 1. The molecule has 0 amide bonds. The third-order valence-corrected chi connectivity index (χ3v) is 2.22. The minimum atomic E-state index is -0.0956. The molecular weight excluding hydrogens is 130 g/mol. The van der Waals surface area contributed by atoms with Gasteiger partial charge in [-0.3, -0.25) is 4.79 Å². The average molecular weight is 143 g/mol. The topological polar surface area (TPSA) is 52.3 Å². The van der Waals surface area contributed by atoms with E-state index in [1.54, 1.807) is 0 Å². The number of nitrogens with two attached hydrogens (primary N) is 1. The van der Waals surface area contributed by atoms with Crippen LogP contribution in [0.4, 0.5) is 0 Å². The van der Waals surface area contributed by atoms with Crippen LogP contribution in [0.3, 0.4) is 0 Å². The number of rotatable bonds is 2. The first-order chi connectivity index (χ1) is 4.79. The third-order valence-electron chi connectivity index (χ3n) is 2.22. The first kappa shape index (κ1) is 7.54. The summed E-state index contributed by atoms with van der Waals surface area (Å²) in [4.78, 5) is 10.9. The molecule has 0 radical (unpaired) electrons. The van der Waals surface area contributed by atoms with E-state index in [1.807, 2.05) is 0 Å².